The molecular formula is C40H41Br2ClN10O6S2. The molecule has 7 aromatic rings. The third-order valence-corrected chi connectivity index (χ3v) is 14.5. The van der Waals surface area contributed by atoms with Crippen LogP contribution < -0.4 is 5.32 Å². The summed E-state index contributed by atoms with van der Waals surface area (Å²) in [5, 5.41) is 9.25. The van der Waals surface area contributed by atoms with Gasteiger partial charge in [-0.1, -0.05) is 47.0 Å². The van der Waals surface area contributed by atoms with Crippen molar-refractivity contribution in [3.63, 3.8) is 0 Å². The number of anilines is 1. The molecule has 1 fully saturated rings. The van der Waals surface area contributed by atoms with Crippen molar-refractivity contribution >= 4 is 97.5 Å². The van der Waals surface area contributed by atoms with Gasteiger partial charge in [0.15, 0.2) is 11.3 Å². The molecule has 2 aromatic carbocycles. The molecule has 1 saturated heterocycles. The molecule has 16 nitrogen and oxygen atoms in total. The van der Waals surface area contributed by atoms with Gasteiger partial charge in [-0.15, -0.1) is 0 Å². The van der Waals surface area contributed by atoms with Crippen LogP contribution >= 0.6 is 43.5 Å². The van der Waals surface area contributed by atoms with E-state index in [0.717, 1.165) is 33.6 Å². The van der Waals surface area contributed by atoms with E-state index in [-0.39, 0.29) is 38.4 Å². The number of carbonyl (C=O) groups is 1. The largest absolute Gasteiger partial charge is 0.444 e. The minimum absolute atomic E-state index is 0.179. The number of amides is 1. The van der Waals surface area contributed by atoms with Crippen molar-refractivity contribution in [3.8, 4) is 0 Å². The third-order valence-electron chi connectivity index (χ3n) is 9.71. The van der Waals surface area contributed by atoms with Gasteiger partial charge < -0.3 is 15.0 Å². The first-order chi connectivity index (χ1) is 28.8. The molecule has 1 N–H and O–H groups in total. The Kier molecular flexibility index (Phi) is 12.7. The summed E-state index contributed by atoms with van der Waals surface area (Å²) >= 11 is 12.8. The van der Waals surface area contributed by atoms with Crippen molar-refractivity contribution in [1.82, 2.24) is 42.6 Å². The Bertz CT molecular complexity index is 2960. The lowest BCUT2D eigenvalue weighted by Crippen LogP contribution is -2.42. The van der Waals surface area contributed by atoms with Crippen molar-refractivity contribution in [1.29, 1.82) is 0 Å². The lowest BCUT2D eigenvalue weighted by molar-refractivity contribution is 0.0184. The van der Waals surface area contributed by atoms with E-state index in [1.807, 2.05) is 51.6 Å². The van der Waals surface area contributed by atoms with Crippen molar-refractivity contribution in [2.45, 2.75) is 75.4 Å². The van der Waals surface area contributed by atoms with E-state index in [1.54, 1.807) is 53.4 Å². The zero-order chi connectivity index (χ0) is 43.9. The summed E-state index contributed by atoms with van der Waals surface area (Å²) in [6, 6.07) is 15.4. The molecule has 8 rings (SSSR count). The number of nitrogens with zero attached hydrogens (tertiary/aromatic N) is 9. The van der Waals surface area contributed by atoms with Gasteiger partial charge in [0.25, 0.3) is 20.0 Å². The molecule has 0 saturated carbocycles. The molecule has 0 unspecified atom stereocenters. The highest BCUT2D eigenvalue weighted by molar-refractivity contribution is 9.11. The molecule has 61 heavy (non-hydrogen) atoms. The van der Waals surface area contributed by atoms with Gasteiger partial charge in [-0.3, -0.25) is 4.68 Å². The predicted molar refractivity (Wildman–Crippen MR) is 239 cm³/mol. The molecule has 320 valence electrons. The number of halogens is 3. The fourth-order valence-corrected chi connectivity index (χ4v) is 11.0. The number of fused-ring (bicyclic) bond motifs is 2. The van der Waals surface area contributed by atoms with Gasteiger partial charge in [0, 0.05) is 40.6 Å². The number of carbonyl (C=O) groups excluding carboxylic acids is 1. The first-order valence-electron chi connectivity index (χ1n) is 18.9. The van der Waals surface area contributed by atoms with Crippen LogP contribution in [0.2, 0.25) is 5.15 Å². The predicted octanol–water partition coefficient (Wildman–Crippen LogP) is 8.51. The number of aryl methyl sites for hydroxylation is 2. The van der Waals surface area contributed by atoms with Gasteiger partial charge in [0.05, 0.1) is 38.8 Å². The van der Waals surface area contributed by atoms with E-state index in [2.05, 4.69) is 57.1 Å². The number of ether oxygens (including phenoxy) is 1. The SMILES string of the molecule is Cc1ccc(S(=O)(=O)n2cc(Br)c3c(Cl)ncnc32)cc1.Cc1ccc(S(=O)(=O)n2cc(Br)c3c(NCc4ccn(C5CCN(C(=O)OC(C)(C)C)CC5)n4)ncnc32)cc1. The van der Waals surface area contributed by atoms with Gasteiger partial charge in [-0.2, -0.15) is 5.10 Å². The lowest BCUT2D eigenvalue weighted by atomic mass is 10.1. The molecule has 1 aliphatic heterocycles. The molecular weight excluding hydrogens is 976 g/mol. The summed E-state index contributed by atoms with van der Waals surface area (Å²) in [5.74, 6) is 0.495. The minimum atomic E-state index is -3.85. The average Bonchev–Trinajstić information content (AvgIpc) is 3.94. The van der Waals surface area contributed by atoms with Crippen molar-refractivity contribution in [3.05, 3.63) is 117 Å². The second-order valence-corrected chi connectivity index (χ2v) is 21.0. The molecule has 5 aromatic heterocycles. The summed E-state index contributed by atoms with van der Waals surface area (Å²) in [5.41, 5.74) is 2.76. The highest BCUT2D eigenvalue weighted by Gasteiger charge is 2.29. The number of rotatable bonds is 8. The van der Waals surface area contributed by atoms with Crippen LogP contribution in [0.1, 0.15) is 56.5 Å². The molecule has 21 heteroatoms. The minimum Gasteiger partial charge on any atom is -0.444 e. The van der Waals surface area contributed by atoms with Crippen molar-refractivity contribution in [2.24, 2.45) is 0 Å². The van der Waals surface area contributed by atoms with Gasteiger partial charge in [-0.05, 0) is 110 Å². The molecule has 1 amide bonds. The van der Waals surface area contributed by atoms with E-state index in [1.165, 1.54) is 29.0 Å². The lowest BCUT2D eigenvalue weighted by Gasteiger charge is -2.33. The van der Waals surface area contributed by atoms with Crippen LogP contribution in [0.4, 0.5) is 10.6 Å². The maximum atomic E-state index is 13.4. The monoisotopic (exact) mass is 1010 g/mol. The van der Waals surface area contributed by atoms with Crippen LogP contribution in [0.15, 0.2) is 105 Å². The number of aromatic nitrogens is 8. The van der Waals surface area contributed by atoms with E-state index in [9.17, 15) is 21.6 Å². The summed E-state index contributed by atoms with van der Waals surface area (Å²) in [6.07, 6.45) is 8.75. The molecule has 1 aliphatic rings. The van der Waals surface area contributed by atoms with Gasteiger partial charge in [-0.25, -0.2) is 49.5 Å². The summed E-state index contributed by atoms with van der Waals surface area (Å²) < 4.78 is 62.9. The standard InChI is InChI=1S/C27H32BrN7O4S.C13H9BrClN3O2S/c1-18-5-7-21(8-6-18)40(37,38)35-16-22(28)23-24(30-17-31-25(23)35)29-15-19-9-14-34(32-19)20-10-12-33(13-11-20)26(36)39-27(2,3)4;1-8-2-4-9(5-3-8)21(19,20)18-6-10(14)11-12(15)16-7-17-13(11)18/h5-9,14,16-17,20H,10-13,15H2,1-4H3,(H,29,30,31);2-7H,1H3. The highest BCUT2D eigenvalue weighted by atomic mass is 79.9. The van der Waals surface area contributed by atoms with Gasteiger partial charge in [0.1, 0.15) is 29.2 Å². The maximum Gasteiger partial charge on any atom is 0.410 e. The zero-order valence-electron chi connectivity index (χ0n) is 33.6. The fraction of sp³-hybridized carbons (Fsp3) is 0.300. The highest BCUT2D eigenvalue weighted by Crippen LogP contribution is 2.34. The Balaban J connectivity index is 0.000000224. The zero-order valence-corrected chi connectivity index (χ0v) is 39.2. The summed E-state index contributed by atoms with van der Waals surface area (Å²) in [7, 11) is -7.59. The smallest absolute Gasteiger partial charge is 0.410 e. The third kappa shape index (κ3) is 9.47. The van der Waals surface area contributed by atoms with Crippen molar-refractivity contribution in [2.75, 3.05) is 18.4 Å². The Morgan fingerprint density at radius 1 is 0.787 bits per heavy atom. The van der Waals surface area contributed by atoms with Gasteiger partial charge >= 0.3 is 6.09 Å². The number of likely N-dealkylation sites (tertiary alicyclic amines) is 1. The van der Waals surface area contributed by atoms with E-state index in [4.69, 9.17) is 21.4 Å². The number of nitrogens with one attached hydrogen (secondary N) is 1. The summed E-state index contributed by atoms with van der Waals surface area (Å²) in [6.45, 7) is 11.0. The molecule has 6 heterocycles. The maximum absolute atomic E-state index is 13.4. The quantitative estimate of drug-likeness (QED) is 0.143. The molecule has 0 spiro atoms. The van der Waals surface area contributed by atoms with Crippen LogP contribution in [-0.2, 0) is 31.3 Å². The number of hydrogen-bond donors (Lipinski definition) is 1. The second kappa shape index (κ2) is 17.5. The van der Waals surface area contributed by atoms with E-state index < -0.39 is 25.6 Å². The number of hydrogen-bond acceptors (Lipinski definition) is 12. The number of piperidine rings is 1. The van der Waals surface area contributed by atoms with Crippen LogP contribution in [0.3, 0.4) is 0 Å². The van der Waals surface area contributed by atoms with E-state index in [0.29, 0.717) is 45.2 Å². The van der Waals surface area contributed by atoms with Crippen LogP contribution in [0, 0.1) is 13.8 Å². The Morgan fingerprint density at radius 2 is 1.30 bits per heavy atom. The van der Waals surface area contributed by atoms with E-state index >= 15 is 0 Å². The van der Waals surface area contributed by atoms with Crippen LogP contribution in [-0.4, -0.2) is 84.2 Å². The Morgan fingerprint density at radius 3 is 1.84 bits per heavy atom. The second-order valence-electron chi connectivity index (χ2n) is 15.3. The number of benzene rings is 2. The normalized spacial score (nSPS) is 13.9. The van der Waals surface area contributed by atoms with Gasteiger partial charge in [0.2, 0.25) is 0 Å². The average molecular weight is 1020 g/mol. The summed E-state index contributed by atoms with van der Waals surface area (Å²) in [4.78, 5) is 31.0. The molecule has 0 bridgehead atoms. The first kappa shape index (κ1) is 44.2. The topological polar surface area (TPSA) is 189 Å². The Hall–Kier alpha value is -4.89. The van der Waals surface area contributed by atoms with Crippen LogP contribution in [0.5, 0.6) is 0 Å². The molecule has 0 aliphatic carbocycles. The van der Waals surface area contributed by atoms with Crippen LogP contribution in [0.25, 0.3) is 22.1 Å². The van der Waals surface area contributed by atoms with Crippen molar-refractivity contribution < 1.29 is 26.4 Å². The Labute approximate surface area is 374 Å². The fourth-order valence-electron chi connectivity index (χ4n) is 6.59. The molecule has 0 radical (unpaired) electrons. The first-order valence-corrected chi connectivity index (χ1v) is 23.8. The molecule has 0 atom stereocenters.